The van der Waals surface area contributed by atoms with Gasteiger partial charge in [0.1, 0.15) is 5.76 Å². The van der Waals surface area contributed by atoms with Crippen molar-refractivity contribution in [1.82, 2.24) is 4.57 Å². The molecule has 0 saturated carbocycles. The van der Waals surface area contributed by atoms with Crippen LogP contribution in [0.15, 0.2) is 62.1 Å². The molecule has 5 rings (SSSR count). The molecule has 2 aromatic heterocycles. The number of allylic oxidation sites excluding steroid dienone is 1. The van der Waals surface area contributed by atoms with E-state index in [9.17, 15) is 9.59 Å². The third-order valence-corrected chi connectivity index (χ3v) is 6.03. The zero-order valence-electron chi connectivity index (χ0n) is 16.8. The van der Waals surface area contributed by atoms with Gasteiger partial charge in [-0.25, -0.2) is 9.79 Å². The van der Waals surface area contributed by atoms with Crippen molar-refractivity contribution in [2.45, 2.75) is 19.9 Å². The number of carbonyl (C=O) groups is 1. The van der Waals surface area contributed by atoms with Crippen molar-refractivity contribution in [2.24, 2.45) is 4.99 Å². The Morgan fingerprint density at radius 2 is 2.16 bits per heavy atom. The van der Waals surface area contributed by atoms with Crippen LogP contribution in [0.1, 0.15) is 31.2 Å². The number of nitrogens with zero attached hydrogens (tertiary/aromatic N) is 2. The van der Waals surface area contributed by atoms with Gasteiger partial charge in [0.25, 0.3) is 5.56 Å². The summed E-state index contributed by atoms with van der Waals surface area (Å²) < 4.78 is 23.5. The lowest BCUT2D eigenvalue weighted by Gasteiger charge is -2.24. The maximum atomic E-state index is 13.4. The smallest absolute Gasteiger partial charge is 0.338 e. The number of thiazole rings is 1. The molecule has 9 heteroatoms. The van der Waals surface area contributed by atoms with Crippen molar-refractivity contribution in [3.8, 4) is 11.5 Å². The van der Waals surface area contributed by atoms with Crippen molar-refractivity contribution < 1.29 is 23.4 Å². The van der Waals surface area contributed by atoms with Gasteiger partial charge >= 0.3 is 5.97 Å². The average molecular weight is 438 g/mol. The lowest BCUT2D eigenvalue weighted by atomic mass is 9.95. The molecule has 0 saturated heterocycles. The number of hydrogen-bond acceptors (Lipinski definition) is 8. The number of hydrogen-bond donors (Lipinski definition) is 0. The molecular formula is C22H18N2O6S. The first-order chi connectivity index (χ1) is 15.1. The van der Waals surface area contributed by atoms with Crippen molar-refractivity contribution in [3.63, 3.8) is 0 Å². The van der Waals surface area contributed by atoms with Crippen LogP contribution in [0.25, 0.3) is 6.08 Å². The van der Waals surface area contributed by atoms with Crippen LogP contribution in [0, 0.1) is 0 Å². The van der Waals surface area contributed by atoms with E-state index in [-0.39, 0.29) is 19.0 Å². The molecule has 3 aromatic rings. The van der Waals surface area contributed by atoms with Gasteiger partial charge in [0.15, 0.2) is 16.3 Å². The number of ether oxygens (including phenoxy) is 3. The van der Waals surface area contributed by atoms with Crippen LogP contribution >= 0.6 is 11.3 Å². The maximum absolute atomic E-state index is 13.4. The molecule has 1 aromatic carbocycles. The molecule has 0 spiro atoms. The fourth-order valence-corrected chi connectivity index (χ4v) is 4.72. The van der Waals surface area contributed by atoms with Crippen LogP contribution in [-0.4, -0.2) is 23.9 Å². The number of rotatable bonds is 4. The average Bonchev–Trinajstić information content (AvgIpc) is 3.48. The quantitative estimate of drug-likeness (QED) is 0.580. The van der Waals surface area contributed by atoms with Gasteiger partial charge in [-0.3, -0.25) is 9.36 Å². The summed E-state index contributed by atoms with van der Waals surface area (Å²) in [7, 11) is 0. The third-order valence-electron chi connectivity index (χ3n) is 5.05. The van der Waals surface area contributed by atoms with E-state index in [4.69, 9.17) is 18.6 Å². The van der Waals surface area contributed by atoms with E-state index in [1.807, 2.05) is 6.07 Å². The van der Waals surface area contributed by atoms with Crippen LogP contribution < -0.4 is 24.4 Å². The van der Waals surface area contributed by atoms with Gasteiger partial charge < -0.3 is 18.6 Å². The Kier molecular flexibility index (Phi) is 4.74. The summed E-state index contributed by atoms with van der Waals surface area (Å²) in [6, 6.07) is 8.19. The van der Waals surface area contributed by atoms with Gasteiger partial charge in [0.05, 0.1) is 34.7 Å². The molecule has 0 radical (unpaired) electrons. The molecule has 4 heterocycles. The van der Waals surface area contributed by atoms with Crippen LogP contribution in [0.2, 0.25) is 0 Å². The Balaban J connectivity index is 1.74. The molecule has 0 aliphatic carbocycles. The second-order valence-corrected chi connectivity index (χ2v) is 7.94. The largest absolute Gasteiger partial charge is 0.465 e. The Morgan fingerprint density at radius 3 is 2.94 bits per heavy atom. The molecule has 31 heavy (non-hydrogen) atoms. The van der Waals surface area contributed by atoms with Gasteiger partial charge in [-0.15, -0.1) is 0 Å². The molecule has 8 nitrogen and oxygen atoms in total. The molecule has 0 bridgehead atoms. The SMILES string of the molecule is CCOC(=O)C1=C(C)N=c2sc(=Cc3ccco3)c(=O)n2C1c1ccc2c(c1)OCO2. The Morgan fingerprint density at radius 1 is 1.32 bits per heavy atom. The molecular weight excluding hydrogens is 420 g/mol. The summed E-state index contributed by atoms with van der Waals surface area (Å²) in [4.78, 5) is 31.3. The van der Waals surface area contributed by atoms with Crippen LogP contribution in [0.5, 0.6) is 11.5 Å². The Hall–Kier alpha value is -3.59. The van der Waals surface area contributed by atoms with Crippen molar-refractivity contribution in [1.29, 1.82) is 0 Å². The first-order valence-corrected chi connectivity index (χ1v) is 10.5. The Labute approximate surface area is 180 Å². The minimum atomic E-state index is -0.705. The van der Waals surface area contributed by atoms with E-state index in [1.165, 1.54) is 15.9 Å². The second-order valence-electron chi connectivity index (χ2n) is 6.93. The highest BCUT2D eigenvalue weighted by Gasteiger charge is 2.34. The van der Waals surface area contributed by atoms with Crippen LogP contribution in [0.4, 0.5) is 0 Å². The predicted molar refractivity (Wildman–Crippen MR) is 112 cm³/mol. The summed E-state index contributed by atoms with van der Waals surface area (Å²) in [5, 5.41) is 0. The summed E-state index contributed by atoms with van der Waals surface area (Å²) >= 11 is 1.24. The van der Waals surface area contributed by atoms with E-state index in [0.29, 0.717) is 43.4 Å². The lowest BCUT2D eigenvalue weighted by Crippen LogP contribution is -2.39. The van der Waals surface area contributed by atoms with E-state index in [2.05, 4.69) is 4.99 Å². The van der Waals surface area contributed by atoms with Gasteiger partial charge in [-0.1, -0.05) is 17.4 Å². The summed E-state index contributed by atoms with van der Waals surface area (Å²) in [5.74, 6) is 1.23. The number of carbonyl (C=O) groups excluding carboxylic acids is 1. The maximum Gasteiger partial charge on any atom is 0.338 e. The minimum Gasteiger partial charge on any atom is -0.465 e. The molecule has 1 atom stereocenters. The monoisotopic (exact) mass is 438 g/mol. The number of fused-ring (bicyclic) bond motifs is 2. The summed E-state index contributed by atoms with van der Waals surface area (Å²) in [6.45, 7) is 3.83. The van der Waals surface area contributed by atoms with E-state index >= 15 is 0 Å². The van der Waals surface area contributed by atoms with Crippen molar-refractivity contribution >= 4 is 23.4 Å². The zero-order valence-corrected chi connectivity index (χ0v) is 17.6. The topological polar surface area (TPSA) is 92.3 Å². The third kappa shape index (κ3) is 3.27. The van der Waals surface area contributed by atoms with E-state index in [1.54, 1.807) is 50.5 Å². The normalized spacial score (nSPS) is 17.5. The first-order valence-electron chi connectivity index (χ1n) is 9.69. The van der Waals surface area contributed by atoms with Gasteiger partial charge in [0, 0.05) is 6.08 Å². The molecule has 158 valence electrons. The fourth-order valence-electron chi connectivity index (χ4n) is 3.69. The number of benzene rings is 1. The zero-order chi connectivity index (χ0) is 21.5. The van der Waals surface area contributed by atoms with Crippen LogP contribution in [-0.2, 0) is 9.53 Å². The first kappa shape index (κ1) is 19.4. The van der Waals surface area contributed by atoms with Crippen molar-refractivity contribution in [2.75, 3.05) is 13.4 Å². The molecule has 1 unspecified atom stereocenters. The predicted octanol–water partition coefficient (Wildman–Crippen LogP) is 2.12. The lowest BCUT2D eigenvalue weighted by molar-refractivity contribution is -0.139. The molecule has 2 aliphatic heterocycles. The van der Waals surface area contributed by atoms with Gasteiger partial charge in [0.2, 0.25) is 6.79 Å². The highest BCUT2D eigenvalue weighted by molar-refractivity contribution is 7.07. The molecule has 0 fully saturated rings. The highest BCUT2D eigenvalue weighted by atomic mass is 32.1. The number of furan rings is 1. The number of aromatic nitrogens is 1. The van der Waals surface area contributed by atoms with E-state index in [0.717, 1.165) is 0 Å². The fraction of sp³-hybridized carbons (Fsp3) is 0.227. The minimum absolute atomic E-state index is 0.129. The van der Waals surface area contributed by atoms with Crippen LogP contribution in [0.3, 0.4) is 0 Å². The summed E-state index contributed by atoms with van der Waals surface area (Å²) in [5.41, 5.74) is 1.26. The number of esters is 1. The standard InChI is InChI=1S/C22H18N2O6S/c1-3-27-21(26)18-12(2)23-22-24(20(25)17(31-22)10-14-5-4-8-28-14)19(18)13-6-7-15-16(9-13)30-11-29-15/h4-10,19H,3,11H2,1-2H3. The molecule has 0 amide bonds. The highest BCUT2D eigenvalue weighted by Crippen LogP contribution is 2.38. The van der Waals surface area contributed by atoms with Gasteiger partial charge in [-0.05, 0) is 43.7 Å². The second kappa shape index (κ2) is 7.59. The van der Waals surface area contributed by atoms with Crippen molar-refractivity contribution in [3.05, 3.63) is 78.9 Å². The van der Waals surface area contributed by atoms with E-state index < -0.39 is 12.0 Å². The summed E-state index contributed by atoms with van der Waals surface area (Å²) in [6.07, 6.45) is 3.21. The Bertz CT molecular complexity index is 1380. The molecule has 0 N–H and O–H groups in total. The van der Waals surface area contributed by atoms with Gasteiger partial charge in [-0.2, -0.15) is 0 Å². The molecule has 2 aliphatic rings.